The van der Waals surface area contributed by atoms with Gasteiger partial charge in [0.2, 0.25) is 0 Å². The van der Waals surface area contributed by atoms with Gasteiger partial charge in [-0.2, -0.15) is 0 Å². The number of carbonyl (C=O) groups excluding carboxylic acids is 2. The largest absolute Gasteiger partial charge is 0.355 e. The summed E-state index contributed by atoms with van der Waals surface area (Å²) in [5.41, 5.74) is 0. The first kappa shape index (κ1) is 11.3. The fourth-order valence-electron chi connectivity index (χ4n) is 1.76. The van der Waals surface area contributed by atoms with Crippen molar-refractivity contribution in [3.8, 4) is 0 Å². The van der Waals surface area contributed by atoms with Crippen LogP contribution >= 0.6 is 0 Å². The predicted molar refractivity (Wildman–Crippen MR) is 49.8 cm³/mol. The number of Topliss-reactive ketones (excluding diaryl/α,β-unsaturated/α-hetero) is 2. The molecule has 1 fully saturated rings. The Morgan fingerprint density at radius 2 is 1.50 bits per heavy atom. The van der Waals surface area contributed by atoms with Crippen LogP contribution < -0.4 is 0 Å². The second-order valence-electron chi connectivity index (χ2n) is 3.46. The van der Waals surface area contributed by atoms with Crippen LogP contribution in [0.5, 0.6) is 0 Å². The number of rotatable bonds is 3. The Labute approximate surface area is 83.6 Å². The van der Waals surface area contributed by atoms with Crippen molar-refractivity contribution in [1.29, 1.82) is 0 Å². The second-order valence-corrected chi connectivity index (χ2v) is 3.46. The molecule has 0 radical (unpaired) electrons. The predicted octanol–water partition coefficient (Wildman–Crippen LogP) is 0.934. The zero-order valence-electron chi connectivity index (χ0n) is 8.62. The first-order valence-electron chi connectivity index (χ1n) is 4.81. The molecule has 0 atom stereocenters. The molecule has 1 rings (SSSR count). The highest BCUT2D eigenvalue weighted by molar-refractivity contribution is 6.03. The topological polar surface area (TPSA) is 52.6 Å². The Kier molecular flexibility index (Phi) is 4.22. The van der Waals surface area contributed by atoms with E-state index in [9.17, 15) is 9.59 Å². The number of methoxy groups -OCH3 is 2. The monoisotopic (exact) mass is 200 g/mol. The smallest absolute Gasteiger partial charge is 0.173 e. The van der Waals surface area contributed by atoms with Crippen molar-refractivity contribution in [3.63, 3.8) is 0 Å². The zero-order valence-corrected chi connectivity index (χ0v) is 8.62. The van der Waals surface area contributed by atoms with Crippen molar-refractivity contribution in [2.24, 2.45) is 5.92 Å². The fourth-order valence-corrected chi connectivity index (χ4v) is 1.76. The van der Waals surface area contributed by atoms with Gasteiger partial charge in [-0.3, -0.25) is 9.59 Å². The maximum absolute atomic E-state index is 11.6. The normalized spacial score (nSPS) is 20.2. The second kappa shape index (κ2) is 5.22. The van der Waals surface area contributed by atoms with Crippen LogP contribution in [0.3, 0.4) is 0 Å². The van der Waals surface area contributed by atoms with E-state index < -0.39 is 12.2 Å². The van der Waals surface area contributed by atoms with Gasteiger partial charge < -0.3 is 9.47 Å². The van der Waals surface area contributed by atoms with E-state index in [-0.39, 0.29) is 11.6 Å². The summed E-state index contributed by atoms with van der Waals surface area (Å²) in [5.74, 6) is -0.824. The number of hydrogen-bond donors (Lipinski definition) is 0. The van der Waals surface area contributed by atoms with Crippen LogP contribution in [-0.4, -0.2) is 32.1 Å². The third kappa shape index (κ3) is 2.39. The van der Waals surface area contributed by atoms with Crippen LogP contribution in [-0.2, 0) is 19.1 Å². The third-order valence-corrected chi connectivity index (χ3v) is 2.53. The van der Waals surface area contributed by atoms with Gasteiger partial charge in [-0.1, -0.05) is 0 Å². The van der Waals surface area contributed by atoms with Crippen LogP contribution in [0.15, 0.2) is 0 Å². The minimum Gasteiger partial charge on any atom is -0.355 e. The summed E-state index contributed by atoms with van der Waals surface area (Å²) in [4.78, 5) is 23.2. The van der Waals surface area contributed by atoms with Crippen LogP contribution in [0.25, 0.3) is 0 Å². The molecular weight excluding hydrogens is 184 g/mol. The number of ether oxygens (including phenoxy) is 2. The molecule has 80 valence electrons. The van der Waals surface area contributed by atoms with E-state index in [0.29, 0.717) is 12.8 Å². The van der Waals surface area contributed by atoms with E-state index in [2.05, 4.69) is 0 Å². The third-order valence-electron chi connectivity index (χ3n) is 2.53. The number of hydrogen-bond acceptors (Lipinski definition) is 4. The SMILES string of the molecule is COC(OC)C1C(=O)CCCCC1=O. The molecule has 1 aliphatic rings. The first-order valence-corrected chi connectivity index (χ1v) is 4.81. The van der Waals surface area contributed by atoms with Gasteiger partial charge in [0, 0.05) is 27.1 Å². The molecule has 1 aliphatic carbocycles. The van der Waals surface area contributed by atoms with Crippen molar-refractivity contribution in [2.45, 2.75) is 32.0 Å². The molecule has 1 saturated carbocycles. The summed E-state index contributed by atoms with van der Waals surface area (Å²) in [5, 5.41) is 0. The van der Waals surface area contributed by atoms with Crippen LogP contribution in [0.4, 0.5) is 0 Å². The Bertz CT molecular complexity index is 202. The molecule has 0 saturated heterocycles. The number of carbonyl (C=O) groups is 2. The Morgan fingerprint density at radius 1 is 1.07 bits per heavy atom. The molecule has 0 unspecified atom stereocenters. The molecule has 0 amide bonds. The molecule has 0 bridgehead atoms. The summed E-state index contributed by atoms with van der Waals surface area (Å²) < 4.78 is 9.94. The van der Waals surface area contributed by atoms with Crippen molar-refractivity contribution < 1.29 is 19.1 Å². The fraction of sp³-hybridized carbons (Fsp3) is 0.800. The van der Waals surface area contributed by atoms with Gasteiger partial charge in [0.05, 0.1) is 0 Å². The van der Waals surface area contributed by atoms with Gasteiger partial charge in [0.15, 0.2) is 6.29 Å². The highest BCUT2D eigenvalue weighted by atomic mass is 16.7. The van der Waals surface area contributed by atoms with Crippen molar-refractivity contribution >= 4 is 11.6 Å². The highest BCUT2D eigenvalue weighted by Crippen LogP contribution is 2.21. The molecule has 0 spiro atoms. The average molecular weight is 200 g/mol. The van der Waals surface area contributed by atoms with Gasteiger partial charge in [-0.25, -0.2) is 0 Å². The van der Waals surface area contributed by atoms with Gasteiger partial charge in [0.25, 0.3) is 0 Å². The Balaban J connectivity index is 2.78. The Morgan fingerprint density at radius 3 is 1.86 bits per heavy atom. The molecule has 0 N–H and O–H groups in total. The lowest BCUT2D eigenvalue weighted by atomic mass is 9.97. The molecule has 0 aliphatic heterocycles. The summed E-state index contributed by atoms with van der Waals surface area (Å²) in [7, 11) is 2.89. The minimum atomic E-state index is -0.715. The molecule has 0 aromatic carbocycles. The van der Waals surface area contributed by atoms with Crippen LogP contribution in [0.1, 0.15) is 25.7 Å². The van der Waals surface area contributed by atoms with Crippen molar-refractivity contribution in [3.05, 3.63) is 0 Å². The van der Waals surface area contributed by atoms with Gasteiger partial charge in [-0.05, 0) is 12.8 Å². The lowest BCUT2D eigenvalue weighted by Gasteiger charge is -2.20. The molecule has 0 aromatic rings. The highest BCUT2D eigenvalue weighted by Gasteiger charge is 2.35. The maximum atomic E-state index is 11.6. The van der Waals surface area contributed by atoms with Crippen LogP contribution in [0.2, 0.25) is 0 Å². The van der Waals surface area contributed by atoms with Gasteiger partial charge >= 0.3 is 0 Å². The summed E-state index contributed by atoms with van der Waals surface area (Å²) in [6.07, 6.45) is 1.79. The van der Waals surface area contributed by atoms with Gasteiger partial charge in [-0.15, -0.1) is 0 Å². The summed E-state index contributed by atoms with van der Waals surface area (Å²) >= 11 is 0. The molecule has 14 heavy (non-hydrogen) atoms. The van der Waals surface area contributed by atoms with Crippen molar-refractivity contribution in [1.82, 2.24) is 0 Å². The van der Waals surface area contributed by atoms with E-state index >= 15 is 0 Å². The van der Waals surface area contributed by atoms with Crippen molar-refractivity contribution in [2.75, 3.05) is 14.2 Å². The minimum absolute atomic E-state index is 0.0544. The molecule has 4 heteroatoms. The van der Waals surface area contributed by atoms with E-state index in [4.69, 9.17) is 9.47 Å². The lowest BCUT2D eigenvalue weighted by Crippen LogP contribution is -2.36. The standard InChI is InChI=1S/C10H16O4/c1-13-10(14-2)9-7(11)5-3-4-6-8(9)12/h9-10H,3-6H2,1-2H3. The average Bonchev–Trinajstić information content (AvgIpc) is 2.33. The molecule has 0 heterocycles. The van der Waals surface area contributed by atoms with Crippen LogP contribution in [0, 0.1) is 5.92 Å². The van der Waals surface area contributed by atoms with E-state index in [1.54, 1.807) is 0 Å². The molecular formula is C10H16O4. The zero-order chi connectivity index (χ0) is 10.6. The Hall–Kier alpha value is -0.740. The van der Waals surface area contributed by atoms with Gasteiger partial charge in [0.1, 0.15) is 17.5 Å². The number of ketones is 2. The van der Waals surface area contributed by atoms with E-state index in [1.165, 1.54) is 14.2 Å². The summed E-state index contributed by atoms with van der Waals surface area (Å²) in [6, 6.07) is 0. The first-order chi connectivity index (χ1) is 6.70. The van der Waals surface area contributed by atoms with E-state index in [0.717, 1.165) is 12.8 Å². The van der Waals surface area contributed by atoms with E-state index in [1.807, 2.05) is 0 Å². The maximum Gasteiger partial charge on any atom is 0.173 e. The summed E-state index contributed by atoms with van der Waals surface area (Å²) in [6.45, 7) is 0. The molecule has 4 nitrogen and oxygen atoms in total. The lowest BCUT2D eigenvalue weighted by molar-refractivity contribution is -0.164. The quantitative estimate of drug-likeness (QED) is 0.386. The molecule has 0 aromatic heterocycles.